The molecule has 2 fully saturated rings. The Morgan fingerprint density at radius 1 is 0.933 bits per heavy atom. The molecule has 2 aliphatic rings. The lowest BCUT2D eigenvalue weighted by Gasteiger charge is -2.34. The zero-order valence-electron chi connectivity index (χ0n) is 9.27. The van der Waals surface area contributed by atoms with Crippen molar-refractivity contribution in [1.29, 1.82) is 0 Å². The molecule has 0 spiro atoms. The fraction of sp³-hybridized carbons (Fsp3) is 1.00. The van der Waals surface area contributed by atoms with Gasteiger partial charge in [0.15, 0.2) is 0 Å². The van der Waals surface area contributed by atoms with Crippen molar-refractivity contribution >= 4 is 0 Å². The van der Waals surface area contributed by atoms with E-state index in [-0.39, 0.29) is 13.0 Å². The van der Waals surface area contributed by atoms with Crippen LogP contribution < -0.4 is 5.32 Å². The summed E-state index contributed by atoms with van der Waals surface area (Å²) >= 11 is 0. The molecular formula is C12H21F2N. The van der Waals surface area contributed by atoms with Gasteiger partial charge in [-0.1, -0.05) is 25.7 Å². The van der Waals surface area contributed by atoms with Crippen molar-refractivity contribution in [3.63, 3.8) is 0 Å². The molecule has 1 aliphatic heterocycles. The standard InChI is InChI=1S/C12H21F2N/c13-12(14)8-7-11(15-9-12)10-5-3-1-2-4-6-10/h10-11,15H,1-9H2. The zero-order chi connectivity index (χ0) is 10.7. The van der Waals surface area contributed by atoms with Crippen LogP contribution in [0.2, 0.25) is 0 Å². The largest absolute Gasteiger partial charge is 0.308 e. The Morgan fingerprint density at radius 2 is 1.60 bits per heavy atom. The number of alkyl halides is 2. The van der Waals surface area contributed by atoms with Crippen molar-refractivity contribution in [3.8, 4) is 0 Å². The van der Waals surface area contributed by atoms with Crippen molar-refractivity contribution in [1.82, 2.24) is 5.32 Å². The summed E-state index contributed by atoms with van der Waals surface area (Å²) in [5, 5.41) is 3.06. The summed E-state index contributed by atoms with van der Waals surface area (Å²) in [6.07, 6.45) is 8.47. The molecule has 1 unspecified atom stereocenters. The topological polar surface area (TPSA) is 12.0 Å². The molecule has 0 radical (unpaired) electrons. The van der Waals surface area contributed by atoms with E-state index in [0.29, 0.717) is 18.4 Å². The van der Waals surface area contributed by atoms with Gasteiger partial charge in [0.05, 0.1) is 6.54 Å². The highest BCUT2D eigenvalue weighted by atomic mass is 19.3. The van der Waals surface area contributed by atoms with E-state index in [1.165, 1.54) is 38.5 Å². The van der Waals surface area contributed by atoms with Gasteiger partial charge in [0, 0.05) is 12.5 Å². The molecular weight excluding hydrogens is 196 g/mol. The lowest BCUT2D eigenvalue weighted by Crippen LogP contribution is -2.48. The van der Waals surface area contributed by atoms with Gasteiger partial charge in [-0.25, -0.2) is 8.78 Å². The maximum absolute atomic E-state index is 13.0. The van der Waals surface area contributed by atoms with Crippen LogP contribution in [0.15, 0.2) is 0 Å². The predicted octanol–water partition coefficient (Wildman–Crippen LogP) is 3.34. The van der Waals surface area contributed by atoms with Crippen molar-refractivity contribution in [2.75, 3.05) is 6.54 Å². The number of hydrogen-bond acceptors (Lipinski definition) is 1. The van der Waals surface area contributed by atoms with Gasteiger partial charge < -0.3 is 5.32 Å². The van der Waals surface area contributed by atoms with Gasteiger partial charge in [-0.2, -0.15) is 0 Å². The van der Waals surface area contributed by atoms with Crippen LogP contribution >= 0.6 is 0 Å². The first-order chi connectivity index (χ1) is 7.17. The minimum Gasteiger partial charge on any atom is -0.308 e. The number of piperidine rings is 1. The van der Waals surface area contributed by atoms with E-state index < -0.39 is 5.92 Å². The number of halogens is 2. The van der Waals surface area contributed by atoms with E-state index in [9.17, 15) is 8.78 Å². The lowest BCUT2D eigenvalue weighted by atomic mass is 9.86. The highest BCUT2D eigenvalue weighted by molar-refractivity contribution is 4.87. The Morgan fingerprint density at radius 3 is 2.13 bits per heavy atom. The maximum Gasteiger partial charge on any atom is 0.260 e. The SMILES string of the molecule is FC1(F)CCC(C2CCCCCC2)NC1. The first kappa shape index (κ1) is 11.3. The summed E-state index contributed by atoms with van der Waals surface area (Å²) in [7, 11) is 0. The van der Waals surface area contributed by atoms with E-state index >= 15 is 0 Å². The summed E-state index contributed by atoms with van der Waals surface area (Å²) in [5.41, 5.74) is 0. The van der Waals surface area contributed by atoms with Crippen LogP contribution in [0.5, 0.6) is 0 Å². The zero-order valence-corrected chi connectivity index (χ0v) is 9.27. The first-order valence-electron chi connectivity index (χ1n) is 6.29. The van der Waals surface area contributed by atoms with E-state index in [4.69, 9.17) is 0 Å². The molecule has 1 atom stereocenters. The molecule has 0 aromatic carbocycles. The number of hydrogen-bond donors (Lipinski definition) is 1. The maximum atomic E-state index is 13.0. The van der Waals surface area contributed by atoms with Crippen molar-refractivity contribution in [2.45, 2.75) is 63.3 Å². The highest BCUT2D eigenvalue weighted by Crippen LogP contribution is 2.32. The third kappa shape index (κ3) is 3.13. The molecule has 1 saturated heterocycles. The van der Waals surface area contributed by atoms with Gasteiger partial charge in [0.1, 0.15) is 0 Å². The van der Waals surface area contributed by atoms with Gasteiger partial charge in [-0.05, 0) is 25.2 Å². The first-order valence-corrected chi connectivity index (χ1v) is 6.29. The molecule has 15 heavy (non-hydrogen) atoms. The van der Waals surface area contributed by atoms with Crippen LogP contribution in [0.1, 0.15) is 51.4 Å². The van der Waals surface area contributed by atoms with Crippen LogP contribution in [0, 0.1) is 5.92 Å². The van der Waals surface area contributed by atoms with E-state index in [2.05, 4.69) is 5.32 Å². The molecule has 1 heterocycles. The quantitative estimate of drug-likeness (QED) is 0.664. The fourth-order valence-electron chi connectivity index (χ4n) is 2.95. The molecule has 2 rings (SSSR count). The third-order valence-electron chi connectivity index (χ3n) is 3.91. The molecule has 0 amide bonds. The molecule has 3 heteroatoms. The molecule has 88 valence electrons. The van der Waals surface area contributed by atoms with Crippen molar-refractivity contribution in [3.05, 3.63) is 0 Å². The molecule has 0 aromatic rings. The van der Waals surface area contributed by atoms with Gasteiger partial charge in [0.25, 0.3) is 5.92 Å². The van der Waals surface area contributed by atoms with Gasteiger partial charge >= 0.3 is 0 Å². The summed E-state index contributed by atoms with van der Waals surface area (Å²) in [5.74, 6) is -1.80. The minimum atomic E-state index is -2.46. The Labute approximate surface area is 90.6 Å². The summed E-state index contributed by atoms with van der Waals surface area (Å²) in [4.78, 5) is 0. The molecule has 1 N–H and O–H groups in total. The Balaban J connectivity index is 1.83. The van der Waals surface area contributed by atoms with E-state index in [1.54, 1.807) is 0 Å². The minimum absolute atomic E-state index is 0.0845. The van der Waals surface area contributed by atoms with Crippen molar-refractivity contribution in [2.24, 2.45) is 5.92 Å². The van der Waals surface area contributed by atoms with Crippen LogP contribution in [0.3, 0.4) is 0 Å². The van der Waals surface area contributed by atoms with Crippen molar-refractivity contribution < 1.29 is 8.78 Å². The second kappa shape index (κ2) is 4.77. The van der Waals surface area contributed by atoms with Gasteiger partial charge in [-0.3, -0.25) is 0 Å². The second-order valence-electron chi connectivity index (χ2n) is 5.13. The highest BCUT2D eigenvalue weighted by Gasteiger charge is 2.37. The smallest absolute Gasteiger partial charge is 0.260 e. The molecule has 1 nitrogen and oxygen atoms in total. The molecule has 0 aromatic heterocycles. The molecule has 1 aliphatic carbocycles. The van der Waals surface area contributed by atoms with Crippen LogP contribution in [-0.2, 0) is 0 Å². The average molecular weight is 217 g/mol. The van der Waals surface area contributed by atoms with Crippen LogP contribution in [0.4, 0.5) is 8.78 Å². The summed E-state index contributed by atoms with van der Waals surface area (Å²) < 4.78 is 25.9. The number of rotatable bonds is 1. The molecule has 0 bridgehead atoms. The predicted molar refractivity (Wildman–Crippen MR) is 57.2 cm³/mol. The van der Waals surface area contributed by atoms with Crippen LogP contribution in [-0.4, -0.2) is 18.5 Å². The van der Waals surface area contributed by atoms with E-state index in [1.807, 2.05) is 0 Å². The lowest BCUT2D eigenvalue weighted by molar-refractivity contribution is -0.0359. The van der Waals surface area contributed by atoms with Crippen LogP contribution in [0.25, 0.3) is 0 Å². The van der Waals surface area contributed by atoms with Gasteiger partial charge in [-0.15, -0.1) is 0 Å². The summed E-state index contributed by atoms with van der Waals surface area (Å²) in [6.45, 7) is -0.103. The normalized spacial score (nSPS) is 33.6. The number of nitrogens with one attached hydrogen (secondary N) is 1. The fourth-order valence-corrected chi connectivity index (χ4v) is 2.95. The summed E-state index contributed by atoms with van der Waals surface area (Å²) in [6, 6.07) is 0.364. The van der Waals surface area contributed by atoms with Gasteiger partial charge in [0.2, 0.25) is 0 Å². The second-order valence-corrected chi connectivity index (χ2v) is 5.13. The Kier molecular flexibility index (Phi) is 3.60. The molecule has 1 saturated carbocycles. The Bertz CT molecular complexity index is 188. The third-order valence-corrected chi connectivity index (χ3v) is 3.91. The van der Waals surface area contributed by atoms with E-state index in [0.717, 1.165) is 0 Å². The Hall–Kier alpha value is -0.180. The average Bonchev–Trinajstić information content (AvgIpc) is 2.46. The monoisotopic (exact) mass is 217 g/mol.